The van der Waals surface area contributed by atoms with Crippen LogP contribution in [0.15, 0.2) is 29.6 Å². The first-order chi connectivity index (χ1) is 12.6. The van der Waals surface area contributed by atoms with Gasteiger partial charge in [0.1, 0.15) is 5.01 Å². The maximum Gasteiger partial charge on any atom is 0.409 e. The molecule has 1 aromatic carbocycles. The maximum absolute atomic E-state index is 12.4. The Morgan fingerprint density at radius 3 is 2.38 bits per heavy atom. The summed E-state index contributed by atoms with van der Waals surface area (Å²) >= 11 is 1.60. The highest BCUT2D eigenvalue weighted by Crippen LogP contribution is 2.25. The molecule has 3 amide bonds. The van der Waals surface area contributed by atoms with E-state index in [2.05, 4.69) is 10.3 Å². The number of nitrogens with zero attached hydrogens (tertiary/aromatic N) is 3. The molecule has 1 aliphatic rings. The number of piperazine rings is 1. The Morgan fingerprint density at radius 1 is 1.15 bits per heavy atom. The lowest BCUT2D eigenvalue weighted by atomic mass is 10.2. The summed E-state index contributed by atoms with van der Waals surface area (Å²) in [4.78, 5) is 31.9. The molecule has 1 saturated heterocycles. The fourth-order valence-electron chi connectivity index (χ4n) is 2.69. The molecule has 26 heavy (non-hydrogen) atoms. The van der Waals surface area contributed by atoms with Crippen molar-refractivity contribution in [2.75, 3.05) is 38.1 Å². The lowest BCUT2D eigenvalue weighted by Crippen LogP contribution is -2.51. The van der Waals surface area contributed by atoms with Gasteiger partial charge in [-0.15, -0.1) is 11.3 Å². The number of aromatic nitrogens is 1. The van der Waals surface area contributed by atoms with Crippen LogP contribution in [0.1, 0.15) is 12.6 Å². The summed E-state index contributed by atoms with van der Waals surface area (Å²) in [5.41, 5.74) is 2.77. The third-order valence-corrected chi connectivity index (χ3v) is 5.10. The van der Waals surface area contributed by atoms with Gasteiger partial charge in [-0.25, -0.2) is 14.6 Å². The number of anilines is 1. The van der Waals surface area contributed by atoms with Gasteiger partial charge in [0.05, 0.1) is 6.61 Å². The van der Waals surface area contributed by atoms with Gasteiger partial charge < -0.3 is 19.9 Å². The smallest absolute Gasteiger partial charge is 0.409 e. The molecule has 0 atom stereocenters. The van der Waals surface area contributed by atoms with E-state index in [4.69, 9.17) is 4.74 Å². The Labute approximate surface area is 156 Å². The second kappa shape index (κ2) is 8.18. The zero-order chi connectivity index (χ0) is 18.5. The Balaban J connectivity index is 1.53. The number of rotatable bonds is 3. The number of thiazole rings is 1. The minimum Gasteiger partial charge on any atom is -0.450 e. The van der Waals surface area contributed by atoms with Crippen molar-refractivity contribution in [1.82, 2.24) is 14.8 Å². The Bertz CT molecular complexity index is 767. The van der Waals surface area contributed by atoms with E-state index in [9.17, 15) is 9.59 Å². The molecule has 138 valence electrons. The van der Waals surface area contributed by atoms with Crippen molar-refractivity contribution in [1.29, 1.82) is 0 Å². The Kier molecular flexibility index (Phi) is 5.72. The summed E-state index contributed by atoms with van der Waals surface area (Å²) in [5.74, 6) is 0. The van der Waals surface area contributed by atoms with E-state index in [0.717, 1.165) is 22.0 Å². The van der Waals surface area contributed by atoms with Crippen LogP contribution in [0.3, 0.4) is 0 Å². The van der Waals surface area contributed by atoms with Crippen LogP contribution in [-0.4, -0.2) is 59.7 Å². The zero-order valence-corrected chi connectivity index (χ0v) is 15.7. The van der Waals surface area contributed by atoms with E-state index >= 15 is 0 Å². The van der Waals surface area contributed by atoms with Crippen molar-refractivity contribution in [3.63, 3.8) is 0 Å². The van der Waals surface area contributed by atoms with Crippen molar-refractivity contribution < 1.29 is 14.3 Å². The summed E-state index contributed by atoms with van der Waals surface area (Å²) in [5, 5.41) is 5.88. The SMILES string of the molecule is CCOC(=O)N1CCN(C(=O)Nc2ccc(-c3nc(C)cs3)cc2)CC1. The average Bonchev–Trinajstić information content (AvgIpc) is 3.09. The van der Waals surface area contributed by atoms with Gasteiger partial charge in [0.25, 0.3) is 0 Å². The van der Waals surface area contributed by atoms with Gasteiger partial charge in [-0.05, 0) is 38.1 Å². The fraction of sp³-hybridized carbons (Fsp3) is 0.389. The van der Waals surface area contributed by atoms with Gasteiger partial charge in [-0.3, -0.25) is 0 Å². The molecule has 1 fully saturated rings. The van der Waals surface area contributed by atoms with Crippen LogP contribution < -0.4 is 5.32 Å². The lowest BCUT2D eigenvalue weighted by Gasteiger charge is -2.34. The number of aryl methyl sites for hydroxylation is 1. The van der Waals surface area contributed by atoms with Gasteiger partial charge in [-0.2, -0.15) is 0 Å². The van der Waals surface area contributed by atoms with E-state index in [-0.39, 0.29) is 12.1 Å². The van der Waals surface area contributed by atoms with E-state index < -0.39 is 0 Å². The van der Waals surface area contributed by atoms with Crippen molar-refractivity contribution in [2.24, 2.45) is 0 Å². The predicted octanol–water partition coefficient (Wildman–Crippen LogP) is 3.42. The first-order valence-corrected chi connectivity index (χ1v) is 9.45. The molecule has 0 radical (unpaired) electrons. The van der Waals surface area contributed by atoms with Gasteiger partial charge in [-0.1, -0.05) is 0 Å². The highest BCUT2D eigenvalue weighted by atomic mass is 32.1. The fourth-order valence-corrected chi connectivity index (χ4v) is 3.50. The molecule has 8 heteroatoms. The lowest BCUT2D eigenvalue weighted by molar-refractivity contribution is 0.0868. The number of carbonyl (C=O) groups is 2. The summed E-state index contributed by atoms with van der Waals surface area (Å²) in [6, 6.07) is 7.49. The quantitative estimate of drug-likeness (QED) is 0.893. The molecule has 0 unspecified atom stereocenters. The molecular weight excluding hydrogens is 352 g/mol. The van der Waals surface area contributed by atoms with Crippen LogP contribution in [0.2, 0.25) is 0 Å². The maximum atomic E-state index is 12.4. The molecule has 3 rings (SSSR count). The van der Waals surface area contributed by atoms with Crippen molar-refractivity contribution >= 4 is 29.1 Å². The molecule has 1 N–H and O–H groups in total. The van der Waals surface area contributed by atoms with Crippen LogP contribution in [0.25, 0.3) is 10.6 Å². The van der Waals surface area contributed by atoms with Crippen molar-refractivity contribution in [3.05, 3.63) is 35.3 Å². The van der Waals surface area contributed by atoms with E-state index in [0.29, 0.717) is 32.8 Å². The molecule has 0 spiro atoms. The Hall–Kier alpha value is -2.61. The van der Waals surface area contributed by atoms with Crippen LogP contribution in [-0.2, 0) is 4.74 Å². The van der Waals surface area contributed by atoms with Gasteiger partial charge in [0, 0.05) is 48.5 Å². The zero-order valence-electron chi connectivity index (χ0n) is 14.9. The minimum atomic E-state index is -0.319. The van der Waals surface area contributed by atoms with Crippen LogP contribution >= 0.6 is 11.3 Å². The second-order valence-electron chi connectivity index (χ2n) is 5.97. The highest BCUT2D eigenvalue weighted by Gasteiger charge is 2.24. The molecular formula is C18H22N4O3S. The summed E-state index contributed by atoms with van der Waals surface area (Å²) in [6.07, 6.45) is -0.319. The molecule has 2 aromatic rings. The predicted molar refractivity (Wildman–Crippen MR) is 101 cm³/mol. The molecule has 0 aliphatic carbocycles. The first kappa shape index (κ1) is 18.2. The third kappa shape index (κ3) is 4.32. The summed E-state index contributed by atoms with van der Waals surface area (Å²) < 4.78 is 4.99. The number of ether oxygens (including phenoxy) is 1. The van der Waals surface area contributed by atoms with Gasteiger partial charge in [0.15, 0.2) is 0 Å². The molecule has 1 aliphatic heterocycles. The van der Waals surface area contributed by atoms with Gasteiger partial charge >= 0.3 is 12.1 Å². The molecule has 0 saturated carbocycles. The number of hydrogen-bond acceptors (Lipinski definition) is 5. The number of nitrogens with one attached hydrogen (secondary N) is 1. The Morgan fingerprint density at radius 2 is 1.81 bits per heavy atom. The number of carbonyl (C=O) groups excluding carboxylic acids is 2. The van der Waals surface area contributed by atoms with Crippen molar-refractivity contribution in [3.8, 4) is 10.6 Å². The average molecular weight is 374 g/mol. The summed E-state index contributed by atoms with van der Waals surface area (Å²) in [7, 11) is 0. The van der Waals surface area contributed by atoms with Crippen LogP contribution in [0.4, 0.5) is 15.3 Å². The topological polar surface area (TPSA) is 74.8 Å². The van der Waals surface area contributed by atoms with Crippen LogP contribution in [0.5, 0.6) is 0 Å². The van der Waals surface area contributed by atoms with E-state index in [1.54, 1.807) is 28.1 Å². The number of amides is 3. The first-order valence-electron chi connectivity index (χ1n) is 8.57. The van der Waals surface area contributed by atoms with E-state index in [1.165, 1.54) is 0 Å². The largest absolute Gasteiger partial charge is 0.450 e. The molecule has 2 heterocycles. The van der Waals surface area contributed by atoms with Crippen LogP contribution in [0, 0.1) is 6.92 Å². The molecule has 1 aromatic heterocycles. The number of urea groups is 1. The standard InChI is InChI=1S/C18H22N4O3S/c1-3-25-18(24)22-10-8-21(9-11-22)17(23)20-15-6-4-14(5-7-15)16-19-13(2)12-26-16/h4-7,12H,3,8-11H2,1-2H3,(H,20,23). The molecule has 0 bridgehead atoms. The second-order valence-corrected chi connectivity index (χ2v) is 6.83. The normalized spacial score (nSPS) is 14.2. The van der Waals surface area contributed by atoms with Crippen molar-refractivity contribution in [2.45, 2.75) is 13.8 Å². The van der Waals surface area contributed by atoms with E-state index in [1.807, 2.05) is 36.6 Å². The monoisotopic (exact) mass is 374 g/mol. The third-order valence-electron chi connectivity index (χ3n) is 4.10. The number of benzene rings is 1. The summed E-state index contributed by atoms with van der Waals surface area (Å²) in [6.45, 7) is 6.04. The van der Waals surface area contributed by atoms with Gasteiger partial charge in [0.2, 0.25) is 0 Å². The molecule has 7 nitrogen and oxygen atoms in total. The highest BCUT2D eigenvalue weighted by molar-refractivity contribution is 7.13. The minimum absolute atomic E-state index is 0.161. The number of hydrogen-bond donors (Lipinski definition) is 1.